The molecule has 1 heterocycles. The average molecular weight is 755 g/mol. The Morgan fingerprint density at radius 3 is 1.67 bits per heavy atom. The SMILES string of the molecule is CC(=O)c1cc(-c2ccc(C3CCN(C(=O)CCOCCOCCOCCOCCOCCOCCN)CC3)cc2)c2ccc(-c3ccc(C)cc3)cc2c1. The van der Waals surface area contributed by atoms with Gasteiger partial charge in [-0.25, -0.2) is 0 Å². The number of hydrogen-bond donors (Lipinski definition) is 1. The van der Waals surface area contributed by atoms with E-state index in [0.717, 1.165) is 59.0 Å². The third-order valence-corrected chi connectivity index (χ3v) is 9.87. The Kier molecular flexibility index (Phi) is 17.7. The second-order valence-electron chi connectivity index (χ2n) is 13.9. The molecule has 0 atom stereocenters. The molecule has 10 nitrogen and oxygen atoms in total. The van der Waals surface area contributed by atoms with Crippen molar-refractivity contribution in [1.82, 2.24) is 4.90 Å². The van der Waals surface area contributed by atoms with E-state index in [0.29, 0.717) is 104 Å². The lowest BCUT2D eigenvalue weighted by Gasteiger charge is -2.32. The predicted molar refractivity (Wildman–Crippen MR) is 217 cm³/mol. The maximum atomic E-state index is 12.9. The van der Waals surface area contributed by atoms with Crippen molar-refractivity contribution in [3.05, 3.63) is 95.6 Å². The summed E-state index contributed by atoms with van der Waals surface area (Å²) in [6, 6.07) is 27.8. The standard InChI is InChI=1S/C45H58N2O8/c1-34-3-5-37(6-4-34)40-11-12-43-42(31-40)32-41(35(2)48)33-44(43)39-9-7-36(8-10-39)38-13-17-47(18-14-38)45(49)15-19-50-21-23-52-25-27-54-29-30-55-28-26-53-24-22-51-20-16-46/h3-12,31-33,38H,13-30,46H2,1-2H3. The molecule has 1 saturated heterocycles. The van der Waals surface area contributed by atoms with E-state index in [1.54, 1.807) is 6.92 Å². The van der Waals surface area contributed by atoms with Crippen LogP contribution in [0, 0.1) is 6.92 Å². The Hall–Kier alpha value is -4.00. The van der Waals surface area contributed by atoms with Crippen LogP contribution in [0.1, 0.15) is 53.6 Å². The maximum absolute atomic E-state index is 12.9. The van der Waals surface area contributed by atoms with Gasteiger partial charge in [-0.05, 0) is 89.4 Å². The van der Waals surface area contributed by atoms with Crippen LogP contribution >= 0.6 is 0 Å². The predicted octanol–water partition coefficient (Wildman–Crippen LogP) is 6.84. The zero-order valence-electron chi connectivity index (χ0n) is 32.6. The van der Waals surface area contributed by atoms with Crippen LogP contribution in [0.4, 0.5) is 0 Å². The Balaban J connectivity index is 0.962. The maximum Gasteiger partial charge on any atom is 0.224 e. The number of ketones is 1. The van der Waals surface area contributed by atoms with Crippen LogP contribution in [0.5, 0.6) is 0 Å². The average Bonchev–Trinajstić information content (AvgIpc) is 3.21. The molecule has 5 rings (SSSR count). The molecule has 0 spiro atoms. The van der Waals surface area contributed by atoms with Gasteiger partial charge < -0.3 is 39.1 Å². The lowest BCUT2D eigenvalue weighted by molar-refractivity contribution is -0.133. The molecule has 10 heteroatoms. The minimum Gasteiger partial charge on any atom is -0.379 e. The Morgan fingerprint density at radius 1 is 0.618 bits per heavy atom. The van der Waals surface area contributed by atoms with Crippen molar-refractivity contribution in [3.8, 4) is 22.3 Å². The van der Waals surface area contributed by atoms with Crippen LogP contribution in [0.3, 0.4) is 0 Å². The molecule has 1 aliphatic heterocycles. The minimum atomic E-state index is 0.0537. The molecule has 4 aromatic rings. The molecular weight excluding hydrogens is 697 g/mol. The summed E-state index contributed by atoms with van der Waals surface area (Å²) in [5.41, 5.74) is 13.0. The van der Waals surface area contributed by atoms with Crippen molar-refractivity contribution in [3.63, 3.8) is 0 Å². The highest BCUT2D eigenvalue weighted by Gasteiger charge is 2.24. The van der Waals surface area contributed by atoms with Gasteiger partial charge in [0.1, 0.15) is 0 Å². The number of hydrogen-bond acceptors (Lipinski definition) is 9. The number of amides is 1. The fourth-order valence-electron chi connectivity index (χ4n) is 6.74. The van der Waals surface area contributed by atoms with Crippen LogP contribution in [-0.2, 0) is 33.2 Å². The summed E-state index contributed by atoms with van der Waals surface area (Å²) in [4.78, 5) is 27.4. The first kappa shape index (κ1) is 42.1. The number of carbonyl (C=O) groups is 2. The molecule has 1 amide bonds. The van der Waals surface area contributed by atoms with Gasteiger partial charge in [-0.3, -0.25) is 9.59 Å². The number of fused-ring (bicyclic) bond motifs is 1. The van der Waals surface area contributed by atoms with Crippen LogP contribution in [0.15, 0.2) is 78.9 Å². The summed E-state index contributed by atoms with van der Waals surface area (Å²) in [6.07, 6.45) is 2.23. The van der Waals surface area contributed by atoms with Crippen molar-refractivity contribution >= 4 is 22.5 Å². The first-order valence-electron chi connectivity index (χ1n) is 19.6. The largest absolute Gasteiger partial charge is 0.379 e. The Bertz CT molecular complexity index is 1750. The topological polar surface area (TPSA) is 119 Å². The lowest BCUT2D eigenvalue weighted by Crippen LogP contribution is -2.38. The molecule has 0 unspecified atom stereocenters. The quantitative estimate of drug-likeness (QED) is 0.0606. The van der Waals surface area contributed by atoms with Gasteiger partial charge in [-0.2, -0.15) is 0 Å². The van der Waals surface area contributed by atoms with Crippen LogP contribution in [0.25, 0.3) is 33.0 Å². The summed E-state index contributed by atoms with van der Waals surface area (Å²) in [5.74, 6) is 0.590. The van der Waals surface area contributed by atoms with Crippen LogP contribution < -0.4 is 5.73 Å². The molecule has 1 fully saturated rings. The number of carbonyl (C=O) groups excluding carboxylic acids is 2. The van der Waals surface area contributed by atoms with E-state index in [4.69, 9.17) is 34.2 Å². The van der Waals surface area contributed by atoms with E-state index in [-0.39, 0.29) is 11.7 Å². The zero-order chi connectivity index (χ0) is 38.7. The van der Waals surface area contributed by atoms with Gasteiger partial charge in [-0.15, -0.1) is 0 Å². The third kappa shape index (κ3) is 13.6. The number of nitrogens with two attached hydrogens (primary N) is 1. The van der Waals surface area contributed by atoms with Crippen molar-refractivity contribution in [2.75, 3.05) is 98.9 Å². The molecule has 296 valence electrons. The number of ether oxygens (including phenoxy) is 6. The lowest BCUT2D eigenvalue weighted by atomic mass is 9.87. The number of rotatable bonds is 24. The number of Topliss-reactive ketones (excluding diaryl/α,β-unsaturated/α-hetero) is 1. The van der Waals surface area contributed by atoms with Gasteiger partial charge in [0.2, 0.25) is 5.91 Å². The third-order valence-electron chi connectivity index (χ3n) is 9.87. The van der Waals surface area contributed by atoms with E-state index in [1.807, 2.05) is 17.0 Å². The molecule has 0 aliphatic carbocycles. The summed E-state index contributed by atoms with van der Waals surface area (Å²) >= 11 is 0. The molecule has 0 saturated carbocycles. The van der Waals surface area contributed by atoms with E-state index in [1.165, 1.54) is 11.1 Å². The van der Waals surface area contributed by atoms with Crippen LogP contribution in [-0.4, -0.2) is 116 Å². The highest BCUT2D eigenvalue weighted by molar-refractivity contribution is 6.05. The number of benzene rings is 4. The number of nitrogens with zero attached hydrogens (tertiary/aromatic N) is 1. The van der Waals surface area contributed by atoms with Crippen molar-refractivity contribution in [2.45, 2.75) is 39.0 Å². The van der Waals surface area contributed by atoms with Crippen molar-refractivity contribution in [2.24, 2.45) is 5.73 Å². The zero-order valence-corrected chi connectivity index (χ0v) is 32.6. The number of aryl methyl sites for hydroxylation is 1. The Labute approximate surface area is 326 Å². The van der Waals surface area contributed by atoms with Gasteiger partial charge >= 0.3 is 0 Å². The summed E-state index contributed by atoms with van der Waals surface area (Å²) in [6.45, 7) is 11.6. The van der Waals surface area contributed by atoms with Crippen molar-refractivity contribution in [1.29, 1.82) is 0 Å². The molecule has 0 radical (unpaired) electrons. The normalized spacial score (nSPS) is 13.5. The summed E-state index contributed by atoms with van der Waals surface area (Å²) < 4.78 is 32.8. The first-order valence-corrected chi connectivity index (χ1v) is 19.6. The van der Waals surface area contributed by atoms with Crippen LogP contribution in [0.2, 0.25) is 0 Å². The second kappa shape index (κ2) is 23.2. The molecule has 1 aliphatic rings. The molecule has 4 aromatic carbocycles. The number of likely N-dealkylation sites (tertiary alicyclic amines) is 1. The van der Waals surface area contributed by atoms with Crippen molar-refractivity contribution < 1.29 is 38.0 Å². The van der Waals surface area contributed by atoms with E-state index in [9.17, 15) is 9.59 Å². The fraction of sp³-hybridized carbons (Fsp3) is 0.467. The molecule has 0 aromatic heterocycles. The highest BCUT2D eigenvalue weighted by atomic mass is 16.6. The van der Waals surface area contributed by atoms with Gasteiger partial charge in [0.25, 0.3) is 0 Å². The highest BCUT2D eigenvalue weighted by Crippen LogP contribution is 2.35. The van der Waals surface area contributed by atoms with Gasteiger partial charge in [0, 0.05) is 25.2 Å². The van der Waals surface area contributed by atoms with E-state index in [2.05, 4.69) is 73.7 Å². The summed E-state index contributed by atoms with van der Waals surface area (Å²) in [5, 5.41) is 2.18. The van der Waals surface area contributed by atoms with Gasteiger partial charge in [0.15, 0.2) is 5.78 Å². The smallest absolute Gasteiger partial charge is 0.224 e. The Morgan fingerprint density at radius 2 is 1.13 bits per heavy atom. The van der Waals surface area contributed by atoms with E-state index >= 15 is 0 Å². The minimum absolute atomic E-state index is 0.0537. The number of piperidine rings is 1. The monoisotopic (exact) mass is 754 g/mol. The second-order valence-corrected chi connectivity index (χ2v) is 13.9. The van der Waals surface area contributed by atoms with Gasteiger partial charge in [0.05, 0.1) is 85.7 Å². The molecule has 55 heavy (non-hydrogen) atoms. The summed E-state index contributed by atoms with van der Waals surface area (Å²) in [7, 11) is 0. The first-order chi connectivity index (χ1) is 26.9. The molecule has 2 N–H and O–H groups in total. The fourth-order valence-corrected chi connectivity index (χ4v) is 6.74. The van der Waals surface area contributed by atoms with Gasteiger partial charge in [-0.1, -0.05) is 66.2 Å². The van der Waals surface area contributed by atoms with E-state index < -0.39 is 0 Å². The molecular formula is C45H58N2O8. The molecule has 0 bridgehead atoms.